The second-order valence-corrected chi connectivity index (χ2v) is 8.89. The van der Waals surface area contributed by atoms with Crippen LogP contribution in [-0.2, 0) is 26.5 Å². The number of sulfonamides is 1. The molecule has 0 aliphatic heterocycles. The molecule has 0 aliphatic carbocycles. The summed E-state index contributed by atoms with van der Waals surface area (Å²) in [7, 11) is -3.52. The number of hydrogen-bond donors (Lipinski definition) is 1. The van der Waals surface area contributed by atoms with Crippen molar-refractivity contribution in [2.45, 2.75) is 32.0 Å². The van der Waals surface area contributed by atoms with Crippen molar-refractivity contribution in [1.29, 1.82) is 0 Å². The predicted molar refractivity (Wildman–Crippen MR) is 110 cm³/mol. The number of anilines is 1. The molecule has 0 fully saturated rings. The Balaban J connectivity index is 2.24. The van der Waals surface area contributed by atoms with Crippen LogP contribution in [0.4, 0.5) is 18.9 Å². The molecule has 0 saturated carbocycles. The van der Waals surface area contributed by atoms with Gasteiger partial charge in [0.15, 0.2) is 5.78 Å². The van der Waals surface area contributed by atoms with Gasteiger partial charge in [0, 0.05) is 11.6 Å². The van der Waals surface area contributed by atoms with E-state index in [-0.39, 0.29) is 5.78 Å². The fourth-order valence-corrected chi connectivity index (χ4v) is 4.44. The van der Waals surface area contributed by atoms with Crippen LogP contribution in [0.1, 0.15) is 31.4 Å². The Morgan fingerprint density at radius 1 is 1.03 bits per heavy atom. The molecule has 1 N–H and O–H groups in total. The second kappa shape index (κ2) is 7.46. The number of aromatic nitrogens is 1. The fourth-order valence-electron chi connectivity index (χ4n) is 3.86. The molecule has 0 radical (unpaired) electrons. The van der Waals surface area contributed by atoms with Gasteiger partial charge in [0.25, 0.3) is 0 Å². The summed E-state index contributed by atoms with van der Waals surface area (Å²) >= 11 is 0. The minimum atomic E-state index is -4.48. The first-order chi connectivity index (χ1) is 13.9. The number of nitrogens with one attached hydrogen (secondary N) is 1. The monoisotopic (exact) mass is 438 g/mol. The Morgan fingerprint density at radius 2 is 1.63 bits per heavy atom. The highest BCUT2D eigenvalue weighted by Gasteiger charge is 2.39. The van der Waals surface area contributed by atoms with E-state index in [0.717, 1.165) is 18.4 Å². The van der Waals surface area contributed by atoms with Crippen molar-refractivity contribution < 1.29 is 26.4 Å². The van der Waals surface area contributed by atoms with E-state index in [9.17, 15) is 26.4 Å². The highest BCUT2D eigenvalue weighted by molar-refractivity contribution is 7.92. The Morgan fingerprint density at radius 3 is 2.13 bits per heavy atom. The molecule has 0 saturated heterocycles. The van der Waals surface area contributed by atoms with Gasteiger partial charge in [-0.2, -0.15) is 13.2 Å². The molecular formula is C21H21F3N2O3S. The van der Waals surface area contributed by atoms with E-state index in [4.69, 9.17) is 0 Å². The first-order valence-electron chi connectivity index (χ1n) is 9.17. The van der Waals surface area contributed by atoms with E-state index < -0.39 is 27.3 Å². The highest BCUT2D eigenvalue weighted by atomic mass is 32.2. The van der Waals surface area contributed by atoms with Crippen LogP contribution in [0.5, 0.6) is 0 Å². The van der Waals surface area contributed by atoms with Crippen molar-refractivity contribution >= 4 is 32.4 Å². The summed E-state index contributed by atoms with van der Waals surface area (Å²) in [6.07, 6.45) is -1.49. The topological polar surface area (TPSA) is 68.2 Å². The summed E-state index contributed by atoms with van der Waals surface area (Å²) in [6.45, 7) is 3.18. The number of carbonyl (C=O) groups excluding carboxylic acids is 1. The van der Waals surface area contributed by atoms with Crippen molar-refractivity contribution in [2.24, 2.45) is 0 Å². The zero-order chi connectivity index (χ0) is 22.3. The molecular weight excluding hydrogens is 417 g/mol. The number of rotatable bonds is 6. The number of alkyl halides is 3. The molecule has 1 aromatic heterocycles. The number of carbonyl (C=O) groups is 1. The van der Waals surface area contributed by atoms with Crippen molar-refractivity contribution in [2.75, 3.05) is 11.0 Å². The van der Waals surface area contributed by atoms with Crippen LogP contribution in [0.25, 0.3) is 10.9 Å². The zero-order valence-corrected chi connectivity index (χ0v) is 17.4. The van der Waals surface area contributed by atoms with Gasteiger partial charge >= 0.3 is 6.18 Å². The summed E-state index contributed by atoms with van der Waals surface area (Å²) in [5.41, 5.74) is -0.674. The van der Waals surface area contributed by atoms with Crippen LogP contribution in [0, 0.1) is 0 Å². The van der Waals surface area contributed by atoms with Crippen LogP contribution in [0.2, 0.25) is 0 Å². The van der Waals surface area contributed by atoms with Gasteiger partial charge in [0.1, 0.15) is 5.54 Å². The minimum absolute atomic E-state index is 0.247. The van der Waals surface area contributed by atoms with E-state index in [0.29, 0.717) is 28.6 Å². The van der Waals surface area contributed by atoms with Crippen LogP contribution < -0.4 is 4.72 Å². The van der Waals surface area contributed by atoms with Crippen molar-refractivity contribution in [3.63, 3.8) is 0 Å². The Kier molecular flexibility index (Phi) is 5.44. The molecule has 1 unspecified atom stereocenters. The third kappa shape index (κ3) is 3.81. The Labute approximate surface area is 172 Å². The Bertz CT molecular complexity index is 1200. The molecule has 9 heteroatoms. The first kappa shape index (κ1) is 21.9. The van der Waals surface area contributed by atoms with Gasteiger partial charge in [0.2, 0.25) is 10.0 Å². The van der Waals surface area contributed by atoms with Gasteiger partial charge in [-0.1, -0.05) is 25.1 Å². The van der Waals surface area contributed by atoms with Gasteiger partial charge in [-0.3, -0.25) is 9.52 Å². The summed E-state index contributed by atoms with van der Waals surface area (Å²) in [5.74, 6) is -0.247. The van der Waals surface area contributed by atoms with E-state index in [2.05, 4.69) is 4.72 Å². The Hall–Kier alpha value is -2.81. The van der Waals surface area contributed by atoms with Crippen LogP contribution >= 0.6 is 0 Å². The molecule has 3 rings (SSSR count). The number of Topliss-reactive ketones (excluding diaryl/α,β-unsaturated/α-hetero) is 1. The fraction of sp³-hybridized carbons (Fsp3) is 0.286. The normalized spacial score (nSPS) is 14.5. The zero-order valence-electron chi connectivity index (χ0n) is 16.6. The van der Waals surface area contributed by atoms with Crippen molar-refractivity contribution in [1.82, 2.24) is 4.57 Å². The van der Waals surface area contributed by atoms with Crippen molar-refractivity contribution in [3.8, 4) is 0 Å². The molecule has 1 heterocycles. The maximum absolute atomic E-state index is 13.0. The lowest BCUT2D eigenvalue weighted by Gasteiger charge is -2.34. The molecule has 0 bridgehead atoms. The lowest BCUT2D eigenvalue weighted by Crippen LogP contribution is -2.40. The molecule has 0 aliphatic rings. The third-order valence-electron chi connectivity index (χ3n) is 5.22. The standard InChI is InChI=1S/C21H21F3N2O3S/c1-4-20(14(2)27,15-8-10-16(11-9-15)21(22,23)24)26-13-12-17-18(25-30(3,28)29)6-5-7-19(17)26/h5-13,25H,4H2,1-3H3. The van der Waals surface area contributed by atoms with Crippen LogP contribution in [0.3, 0.4) is 0 Å². The average Bonchev–Trinajstić information content (AvgIpc) is 3.07. The molecule has 5 nitrogen and oxygen atoms in total. The number of hydrogen-bond acceptors (Lipinski definition) is 3. The smallest absolute Gasteiger partial charge is 0.330 e. The van der Waals surface area contributed by atoms with Gasteiger partial charge in [-0.15, -0.1) is 0 Å². The number of ketones is 1. The predicted octanol–water partition coefficient (Wildman–Crippen LogP) is 4.77. The van der Waals surface area contributed by atoms with E-state index in [1.54, 1.807) is 42.0 Å². The van der Waals surface area contributed by atoms with E-state index in [1.807, 2.05) is 0 Å². The molecule has 0 amide bonds. The van der Waals surface area contributed by atoms with Crippen LogP contribution in [-0.4, -0.2) is 25.0 Å². The maximum Gasteiger partial charge on any atom is 0.416 e. The summed E-state index contributed by atoms with van der Waals surface area (Å²) in [6, 6.07) is 11.2. The third-order valence-corrected chi connectivity index (χ3v) is 5.81. The quantitative estimate of drug-likeness (QED) is 0.603. The number of nitrogens with zero attached hydrogens (tertiary/aromatic N) is 1. The largest absolute Gasteiger partial charge is 0.416 e. The number of halogens is 3. The molecule has 0 spiro atoms. The average molecular weight is 438 g/mol. The van der Waals surface area contributed by atoms with Crippen molar-refractivity contribution in [3.05, 3.63) is 65.9 Å². The lowest BCUT2D eigenvalue weighted by atomic mass is 9.82. The summed E-state index contributed by atoms with van der Waals surface area (Å²) in [5, 5.41) is 0.578. The van der Waals surface area contributed by atoms with Gasteiger partial charge in [-0.05, 0) is 49.2 Å². The first-order valence-corrected chi connectivity index (χ1v) is 11.1. The maximum atomic E-state index is 13.0. The summed E-state index contributed by atoms with van der Waals surface area (Å²) < 4.78 is 66.5. The highest BCUT2D eigenvalue weighted by Crippen LogP contribution is 2.38. The molecule has 1 atom stereocenters. The lowest BCUT2D eigenvalue weighted by molar-refractivity contribution is -0.137. The molecule has 30 heavy (non-hydrogen) atoms. The molecule has 2 aromatic carbocycles. The van der Waals surface area contributed by atoms with E-state index >= 15 is 0 Å². The van der Waals surface area contributed by atoms with Crippen LogP contribution in [0.15, 0.2) is 54.7 Å². The number of fused-ring (bicyclic) bond motifs is 1. The second-order valence-electron chi connectivity index (χ2n) is 7.14. The minimum Gasteiger partial charge on any atom is -0.330 e. The molecule has 160 valence electrons. The van der Waals surface area contributed by atoms with Gasteiger partial charge in [-0.25, -0.2) is 8.42 Å². The van der Waals surface area contributed by atoms with Gasteiger partial charge < -0.3 is 4.57 Å². The SMILES string of the molecule is CCC(C(C)=O)(c1ccc(C(F)(F)F)cc1)n1ccc2c(NS(C)(=O)=O)cccc21. The van der Waals surface area contributed by atoms with Gasteiger partial charge in [0.05, 0.1) is 23.0 Å². The molecule has 3 aromatic rings. The summed E-state index contributed by atoms with van der Waals surface area (Å²) in [4.78, 5) is 12.9. The number of benzene rings is 2. The van der Waals surface area contributed by atoms with E-state index in [1.165, 1.54) is 19.1 Å².